The zero-order valence-electron chi connectivity index (χ0n) is 23.3. The number of nitriles is 1. The predicted molar refractivity (Wildman–Crippen MR) is 152 cm³/mol. The summed E-state index contributed by atoms with van der Waals surface area (Å²) in [6.45, 7) is 6.19. The number of aliphatic hydroxyl groups excluding tert-OH is 1. The lowest BCUT2D eigenvalue weighted by molar-refractivity contribution is -0.181. The lowest BCUT2D eigenvalue weighted by Gasteiger charge is -2.59. The van der Waals surface area contributed by atoms with Crippen molar-refractivity contribution in [1.82, 2.24) is 29.3 Å². The van der Waals surface area contributed by atoms with Gasteiger partial charge in [-0.25, -0.2) is 9.50 Å². The highest BCUT2D eigenvalue weighted by molar-refractivity contribution is 5.85. The average molecular weight is 557 g/mol. The minimum Gasteiger partial charge on any atom is -0.491 e. The quantitative estimate of drug-likeness (QED) is 0.459. The van der Waals surface area contributed by atoms with Gasteiger partial charge in [-0.3, -0.25) is 14.7 Å². The molecule has 214 valence electrons. The molecule has 3 aromatic heterocycles. The number of likely N-dealkylation sites (tertiary alicyclic amines) is 1. The number of fused-ring (bicyclic) bond motifs is 5. The molecule has 10 heterocycles. The molecule has 0 radical (unpaired) electrons. The zero-order valence-corrected chi connectivity index (χ0v) is 23.3. The summed E-state index contributed by atoms with van der Waals surface area (Å²) < 4.78 is 13.7. The maximum Gasteiger partial charge on any atom is 0.138 e. The number of hydrogen-bond donors (Lipinski definition) is 1. The lowest BCUT2D eigenvalue weighted by atomic mass is 9.84. The molecule has 0 amide bonds. The zero-order chi connectivity index (χ0) is 27.7. The van der Waals surface area contributed by atoms with Gasteiger partial charge in [-0.1, -0.05) is 0 Å². The highest BCUT2D eigenvalue weighted by Crippen LogP contribution is 2.39. The van der Waals surface area contributed by atoms with Gasteiger partial charge in [-0.15, -0.1) is 0 Å². The Morgan fingerprint density at radius 3 is 2.61 bits per heavy atom. The number of piperidine rings is 2. The van der Waals surface area contributed by atoms with Crippen LogP contribution in [0.4, 0.5) is 5.82 Å². The molecule has 7 saturated heterocycles. The molecule has 0 aromatic carbocycles. The fourth-order valence-electron chi connectivity index (χ4n) is 7.71. The molecule has 3 aromatic rings. The number of rotatable bonds is 7. The third kappa shape index (κ3) is 4.37. The van der Waals surface area contributed by atoms with Crippen molar-refractivity contribution in [3.05, 3.63) is 42.4 Å². The number of ether oxygens (including phenoxy) is 2. The van der Waals surface area contributed by atoms with E-state index in [2.05, 4.69) is 42.9 Å². The second-order valence-corrected chi connectivity index (χ2v) is 12.3. The van der Waals surface area contributed by atoms with E-state index in [0.29, 0.717) is 36.5 Å². The van der Waals surface area contributed by atoms with E-state index in [9.17, 15) is 10.4 Å². The Bertz CT molecular complexity index is 1460. The molecule has 4 bridgehead atoms. The molecule has 1 N–H and O–H groups in total. The van der Waals surface area contributed by atoms with Gasteiger partial charge in [0.1, 0.15) is 30.5 Å². The normalized spacial score (nSPS) is 31.6. The van der Waals surface area contributed by atoms with Crippen molar-refractivity contribution in [1.29, 1.82) is 5.26 Å². The van der Waals surface area contributed by atoms with Crippen molar-refractivity contribution in [2.75, 3.05) is 57.8 Å². The Balaban J connectivity index is 0.983. The van der Waals surface area contributed by atoms with Crippen LogP contribution in [0.2, 0.25) is 0 Å². The van der Waals surface area contributed by atoms with E-state index in [4.69, 9.17) is 14.5 Å². The van der Waals surface area contributed by atoms with Gasteiger partial charge in [0, 0.05) is 75.1 Å². The molecule has 11 nitrogen and oxygen atoms in total. The third-order valence-corrected chi connectivity index (χ3v) is 9.81. The van der Waals surface area contributed by atoms with Crippen LogP contribution in [0.25, 0.3) is 16.6 Å². The SMILES string of the molecule is CN1CCC(N2C3CC2CN(c2ccc(-c4cc(OCCN5CC6CC(C5)O6)cn5ncc(C#N)c45)cn2)C3)C1O. The molecule has 10 rings (SSSR count). The minimum atomic E-state index is -0.368. The van der Waals surface area contributed by atoms with E-state index in [1.165, 1.54) is 12.8 Å². The van der Waals surface area contributed by atoms with Gasteiger partial charge in [-0.2, -0.15) is 10.4 Å². The number of piperazine rings is 1. The van der Waals surface area contributed by atoms with Crippen molar-refractivity contribution in [3.63, 3.8) is 0 Å². The van der Waals surface area contributed by atoms with E-state index in [1.807, 2.05) is 25.5 Å². The Labute approximate surface area is 239 Å². The molecule has 0 spiro atoms. The van der Waals surface area contributed by atoms with Crippen molar-refractivity contribution in [3.8, 4) is 22.9 Å². The first-order chi connectivity index (χ1) is 20.0. The van der Waals surface area contributed by atoms with Gasteiger partial charge >= 0.3 is 0 Å². The summed E-state index contributed by atoms with van der Waals surface area (Å²) in [6.07, 6.45) is 9.17. The summed E-state index contributed by atoms with van der Waals surface area (Å²) in [5, 5.41) is 24.8. The molecule has 6 atom stereocenters. The first kappa shape index (κ1) is 25.4. The Morgan fingerprint density at radius 1 is 1.12 bits per heavy atom. The summed E-state index contributed by atoms with van der Waals surface area (Å²) in [6, 6.07) is 9.62. The van der Waals surface area contributed by atoms with Crippen LogP contribution in [0.3, 0.4) is 0 Å². The monoisotopic (exact) mass is 556 g/mol. The standard InChI is InChI=1S/C30H36N8O3/c1-34-5-4-27(30(34)39)38-21-8-22(38)15-36(14-21)28-3-2-19(12-32-28)26-10-23(18-37-29(26)20(11-31)13-33-37)40-7-6-35-16-24-9-25(17-35)41-24/h2-3,10,12-13,18,21-22,24-25,27,30,39H,4-9,14-17H2,1H3. The van der Waals surface area contributed by atoms with Crippen molar-refractivity contribution < 1.29 is 14.6 Å². The fraction of sp³-hybridized carbons (Fsp3) is 0.567. The number of aliphatic hydroxyl groups is 1. The largest absolute Gasteiger partial charge is 0.491 e. The van der Waals surface area contributed by atoms with Crippen LogP contribution in [0, 0.1) is 11.3 Å². The second-order valence-electron chi connectivity index (χ2n) is 12.3. The smallest absolute Gasteiger partial charge is 0.138 e. The maximum absolute atomic E-state index is 10.6. The number of aromatic nitrogens is 3. The van der Waals surface area contributed by atoms with Crippen molar-refractivity contribution in [2.45, 2.75) is 55.8 Å². The average Bonchev–Trinajstić information content (AvgIpc) is 3.55. The van der Waals surface area contributed by atoms with E-state index < -0.39 is 0 Å². The number of nitrogens with zero attached hydrogens (tertiary/aromatic N) is 8. The number of likely N-dealkylation sites (N-methyl/N-ethyl adjacent to an activating group) is 1. The lowest BCUT2D eigenvalue weighted by Crippen LogP contribution is -2.72. The van der Waals surface area contributed by atoms with Crippen LogP contribution in [0.15, 0.2) is 36.8 Å². The van der Waals surface area contributed by atoms with Gasteiger partial charge in [0.25, 0.3) is 0 Å². The number of anilines is 1. The first-order valence-corrected chi connectivity index (χ1v) is 14.8. The fourth-order valence-corrected chi connectivity index (χ4v) is 7.71. The van der Waals surface area contributed by atoms with E-state index in [1.54, 1.807) is 10.7 Å². The van der Waals surface area contributed by atoms with Crippen LogP contribution in [0.5, 0.6) is 5.75 Å². The van der Waals surface area contributed by atoms with E-state index >= 15 is 0 Å². The molecule has 7 fully saturated rings. The second kappa shape index (κ2) is 9.93. The van der Waals surface area contributed by atoms with Gasteiger partial charge in [-0.05, 0) is 38.1 Å². The van der Waals surface area contributed by atoms with Crippen molar-refractivity contribution >= 4 is 11.3 Å². The van der Waals surface area contributed by atoms with Crippen molar-refractivity contribution in [2.24, 2.45) is 0 Å². The Kier molecular flexibility index (Phi) is 6.16. The van der Waals surface area contributed by atoms with Gasteiger partial charge in [0.05, 0.1) is 41.7 Å². The topological polar surface area (TPSA) is 106 Å². The molecule has 41 heavy (non-hydrogen) atoms. The summed E-state index contributed by atoms with van der Waals surface area (Å²) >= 11 is 0. The first-order valence-electron chi connectivity index (χ1n) is 14.8. The molecule has 7 aliphatic rings. The molecule has 6 unspecified atom stereocenters. The third-order valence-electron chi connectivity index (χ3n) is 9.81. The van der Waals surface area contributed by atoms with Crippen LogP contribution < -0.4 is 9.64 Å². The minimum absolute atomic E-state index is 0.239. The molecule has 7 aliphatic heterocycles. The number of pyridine rings is 2. The Morgan fingerprint density at radius 2 is 1.93 bits per heavy atom. The van der Waals surface area contributed by atoms with E-state index in [0.717, 1.165) is 73.9 Å². The highest BCUT2D eigenvalue weighted by Gasteiger charge is 2.51. The van der Waals surface area contributed by atoms with Gasteiger partial charge < -0.3 is 19.5 Å². The predicted octanol–water partition coefficient (Wildman–Crippen LogP) is 1.41. The molecule has 0 saturated carbocycles. The van der Waals surface area contributed by atoms with Crippen LogP contribution in [-0.4, -0.2) is 124 Å². The summed E-state index contributed by atoms with van der Waals surface area (Å²) in [5.74, 6) is 1.69. The maximum atomic E-state index is 10.6. The van der Waals surface area contributed by atoms with Crippen LogP contribution in [0.1, 0.15) is 24.8 Å². The highest BCUT2D eigenvalue weighted by atomic mass is 16.5. The molecule has 11 heteroatoms. The number of morpholine rings is 1. The summed E-state index contributed by atoms with van der Waals surface area (Å²) in [5.41, 5.74) is 3.10. The molecule has 0 aliphatic carbocycles. The van der Waals surface area contributed by atoms with Gasteiger partial charge in [0.15, 0.2) is 0 Å². The van der Waals surface area contributed by atoms with Crippen LogP contribution >= 0.6 is 0 Å². The van der Waals surface area contributed by atoms with E-state index in [-0.39, 0.29) is 12.3 Å². The van der Waals surface area contributed by atoms with Gasteiger partial charge in [0.2, 0.25) is 0 Å². The molecular weight excluding hydrogens is 520 g/mol. The Hall–Kier alpha value is -3.27. The number of hydrogen-bond acceptors (Lipinski definition) is 10. The molecular formula is C30H36N8O3. The van der Waals surface area contributed by atoms with Crippen LogP contribution in [-0.2, 0) is 4.74 Å². The summed E-state index contributed by atoms with van der Waals surface area (Å²) in [4.78, 5) is 14.2. The summed E-state index contributed by atoms with van der Waals surface area (Å²) in [7, 11) is 2.00.